The molecule has 3 heterocycles. The first kappa shape index (κ1) is 19.0. The van der Waals surface area contributed by atoms with Crippen LogP contribution in [0.1, 0.15) is 36.5 Å². The predicted octanol–water partition coefficient (Wildman–Crippen LogP) is 2.00. The van der Waals surface area contributed by atoms with E-state index < -0.39 is 0 Å². The fraction of sp³-hybridized carbons (Fsp3) is 0.611. The van der Waals surface area contributed by atoms with Gasteiger partial charge in [0.25, 0.3) is 5.89 Å². The summed E-state index contributed by atoms with van der Waals surface area (Å²) in [5.74, 6) is 1.00. The number of rotatable bonds is 8. The Labute approximate surface area is 157 Å². The van der Waals surface area contributed by atoms with Gasteiger partial charge in [0.15, 0.2) is 0 Å². The molecule has 0 aromatic carbocycles. The summed E-state index contributed by atoms with van der Waals surface area (Å²) in [6, 6.07) is 3.98. The Morgan fingerprint density at radius 1 is 1.46 bits per heavy atom. The van der Waals surface area contributed by atoms with Crippen LogP contribution < -0.4 is 5.32 Å². The molecule has 1 aliphatic heterocycles. The van der Waals surface area contributed by atoms with Gasteiger partial charge in [0.2, 0.25) is 11.8 Å². The average Bonchev–Trinajstić information content (AvgIpc) is 3.26. The van der Waals surface area contributed by atoms with Crippen molar-refractivity contribution in [1.82, 2.24) is 20.4 Å². The number of likely N-dealkylation sites (tertiary alicyclic amines) is 1. The van der Waals surface area contributed by atoms with E-state index in [9.17, 15) is 9.90 Å². The van der Waals surface area contributed by atoms with Crippen LogP contribution in [0.5, 0.6) is 0 Å². The molecule has 7 nitrogen and oxygen atoms in total. The minimum absolute atomic E-state index is 0.00426. The number of carbonyl (C=O) groups is 1. The lowest BCUT2D eigenvalue weighted by atomic mass is 10.1. The molecule has 0 bridgehead atoms. The first-order valence-electron chi connectivity index (χ1n) is 9.16. The highest BCUT2D eigenvalue weighted by Gasteiger charge is 2.17. The van der Waals surface area contributed by atoms with Crippen LogP contribution in [0.4, 0.5) is 0 Å². The summed E-state index contributed by atoms with van der Waals surface area (Å²) in [6.45, 7) is 5.37. The molecule has 1 aliphatic rings. The monoisotopic (exact) mass is 378 g/mol. The number of aliphatic hydroxyl groups is 1. The summed E-state index contributed by atoms with van der Waals surface area (Å²) >= 11 is 1.61. The number of aromatic nitrogens is 2. The van der Waals surface area contributed by atoms with Crippen molar-refractivity contribution in [1.29, 1.82) is 0 Å². The lowest BCUT2D eigenvalue weighted by Crippen LogP contribution is -2.39. The fourth-order valence-electron chi connectivity index (χ4n) is 3.08. The molecule has 1 amide bonds. The van der Waals surface area contributed by atoms with Gasteiger partial charge < -0.3 is 19.7 Å². The Hall–Kier alpha value is -1.77. The standard InChI is InChI=1S/C18H26N4O3S/c1-13-5-6-15(26-13)18-21-20-17(25-18)8-7-16(24)19-9-3-11-22-10-2-4-14(23)12-22/h5-6,14,23H,2-4,7-12H2,1H3,(H,19,24)/t14-/m0/s1. The van der Waals surface area contributed by atoms with E-state index in [1.165, 1.54) is 4.88 Å². The van der Waals surface area contributed by atoms with Crippen molar-refractivity contribution in [3.63, 3.8) is 0 Å². The number of nitrogens with one attached hydrogen (secondary N) is 1. The average molecular weight is 378 g/mol. The van der Waals surface area contributed by atoms with Crippen molar-refractivity contribution in [3.05, 3.63) is 22.9 Å². The van der Waals surface area contributed by atoms with E-state index >= 15 is 0 Å². The number of hydrogen-bond acceptors (Lipinski definition) is 7. The molecule has 142 valence electrons. The van der Waals surface area contributed by atoms with E-state index in [2.05, 4.69) is 20.4 Å². The Morgan fingerprint density at radius 3 is 3.12 bits per heavy atom. The van der Waals surface area contributed by atoms with Crippen molar-refractivity contribution in [2.75, 3.05) is 26.2 Å². The third-order valence-corrected chi connectivity index (χ3v) is 5.43. The van der Waals surface area contributed by atoms with Crippen LogP contribution in [-0.4, -0.2) is 58.4 Å². The van der Waals surface area contributed by atoms with E-state index in [0.717, 1.165) is 43.8 Å². The molecule has 2 aromatic rings. The maximum absolute atomic E-state index is 11.9. The summed E-state index contributed by atoms with van der Waals surface area (Å²) in [7, 11) is 0. The number of hydrogen-bond donors (Lipinski definition) is 2. The highest BCUT2D eigenvalue weighted by atomic mass is 32.1. The third-order valence-electron chi connectivity index (χ3n) is 4.44. The summed E-state index contributed by atoms with van der Waals surface area (Å²) in [5, 5.41) is 20.6. The molecule has 0 spiro atoms. The number of thiophene rings is 1. The Kier molecular flexibility index (Phi) is 6.76. The molecule has 0 saturated carbocycles. The van der Waals surface area contributed by atoms with Crippen LogP contribution in [0.15, 0.2) is 16.5 Å². The van der Waals surface area contributed by atoms with Crippen molar-refractivity contribution in [2.24, 2.45) is 0 Å². The number of carbonyl (C=O) groups excluding carboxylic acids is 1. The minimum atomic E-state index is -0.198. The second-order valence-corrected chi connectivity index (χ2v) is 8.00. The molecule has 2 N–H and O–H groups in total. The summed E-state index contributed by atoms with van der Waals surface area (Å²) < 4.78 is 5.63. The van der Waals surface area contributed by atoms with Crippen LogP contribution in [0.25, 0.3) is 10.8 Å². The maximum Gasteiger partial charge on any atom is 0.257 e. The fourth-order valence-corrected chi connectivity index (χ4v) is 3.87. The summed E-state index contributed by atoms with van der Waals surface area (Å²) in [4.78, 5) is 16.3. The number of piperidine rings is 1. The zero-order valence-electron chi connectivity index (χ0n) is 15.1. The molecular weight excluding hydrogens is 352 g/mol. The van der Waals surface area contributed by atoms with Crippen LogP contribution in [-0.2, 0) is 11.2 Å². The molecule has 1 atom stereocenters. The van der Waals surface area contributed by atoms with Gasteiger partial charge in [-0.15, -0.1) is 21.5 Å². The second kappa shape index (κ2) is 9.25. The molecule has 0 radical (unpaired) electrons. The minimum Gasteiger partial charge on any atom is -0.420 e. The number of nitrogens with zero attached hydrogens (tertiary/aromatic N) is 3. The van der Waals surface area contributed by atoms with Gasteiger partial charge in [0, 0.05) is 30.8 Å². The molecule has 2 aromatic heterocycles. The summed E-state index contributed by atoms with van der Waals surface area (Å²) in [6.07, 6.45) is 3.42. The van der Waals surface area contributed by atoms with Gasteiger partial charge >= 0.3 is 0 Å². The lowest BCUT2D eigenvalue weighted by molar-refractivity contribution is -0.121. The number of β-amino-alcohol motifs (C(OH)–C–C–N with tert-alkyl or cyclic N) is 1. The van der Waals surface area contributed by atoms with Crippen LogP contribution in [0.2, 0.25) is 0 Å². The van der Waals surface area contributed by atoms with Crippen molar-refractivity contribution in [2.45, 2.75) is 45.1 Å². The molecule has 26 heavy (non-hydrogen) atoms. The van der Waals surface area contributed by atoms with Gasteiger partial charge in [-0.25, -0.2) is 0 Å². The molecular formula is C18H26N4O3S. The first-order chi connectivity index (χ1) is 12.6. The smallest absolute Gasteiger partial charge is 0.257 e. The Morgan fingerprint density at radius 2 is 2.35 bits per heavy atom. The SMILES string of the molecule is Cc1ccc(-c2nnc(CCC(=O)NCCCN3CCC[C@H](O)C3)o2)s1. The van der Waals surface area contributed by atoms with Gasteiger partial charge in [-0.3, -0.25) is 4.79 Å². The highest BCUT2D eigenvalue weighted by molar-refractivity contribution is 7.15. The zero-order valence-corrected chi connectivity index (χ0v) is 15.9. The third kappa shape index (κ3) is 5.62. The predicted molar refractivity (Wildman–Crippen MR) is 100.0 cm³/mol. The molecule has 1 fully saturated rings. The molecule has 0 unspecified atom stereocenters. The topological polar surface area (TPSA) is 91.5 Å². The van der Waals surface area contributed by atoms with E-state index in [4.69, 9.17) is 4.42 Å². The maximum atomic E-state index is 11.9. The Bertz CT molecular complexity index is 715. The van der Waals surface area contributed by atoms with E-state index in [0.29, 0.717) is 31.2 Å². The zero-order chi connectivity index (χ0) is 18.4. The van der Waals surface area contributed by atoms with Gasteiger partial charge in [0.1, 0.15) is 0 Å². The number of aliphatic hydroxyl groups excluding tert-OH is 1. The molecule has 0 aliphatic carbocycles. The van der Waals surface area contributed by atoms with Gasteiger partial charge in [-0.05, 0) is 51.4 Å². The molecule has 1 saturated heterocycles. The number of aryl methyl sites for hydroxylation is 2. The normalized spacial score (nSPS) is 18.2. The first-order valence-corrected chi connectivity index (χ1v) is 9.98. The van der Waals surface area contributed by atoms with E-state index in [1.54, 1.807) is 11.3 Å². The van der Waals surface area contributed by atoms with Crippen molar-refractivity contribution >= 4 is 17.2 Å². The van der Waals surface area contributed by atoms with Gasteiger partial charge in [-0.2, -0.15) is 0 Å². The van der Waals surface area contributed by atoms with Crippen molar-refractivity contribution in [3.8, 4) is 10.8 Å². The molecule has 8 heteroatoms. The van der Waals surface area contributed by atoms with Gasteiger partial charge in [-0.1, -0.05) is 0 Å². The van der Waals surface area contributed by atoms with Crippen LogP contribution >= 0.6 is 11.3 Å². The highest BCUT2D eigenvalue weighted by Crippen LogP contribution is 2.26. The van der Waals surface area contributed by atoms with Crippen LogP contribution in [0, 0.1) is 6.92 Å². The summed E-state index contributed by atoms with van der Waals surface area (Å²) in [5.41, 5.74) is 0. The second-order valence-electron chi connectivity index (χ2n) is 6.71. The van der Waals surface area contributed by atoms with Gasteiger partial charge in [0.05, 0.1) is 11.0 Å². The quantitative estimate of drug-likeness (QED) is 0.683. The number of amides is 1. The van der Waals surface area contributed by atoms with E-state index in [-0.39, 0.29) is 12.0 Å². The van der Waals surface area contributed by atoms with E-state index in [1.807, 2.05) is 19.1 Å². The molecule has 3 rings (SSSR count). The Balaban J connectivity index is 1.32. The lowest BCUT2D eigenvalue weighted by Gasteiger charge is -2.29. The van der Waals surface area contributed by atoms with Crippen molar-refractivity contribution < 1.29 is 14.3 Å². The van der Waals surface area contributed by atoms with Crippen LogP contribution in [0.3, 0.4) is 0 Å². The largest absolute Gasteiger partial charge is 0.420 e.